The Labute approximate surface area is 206 Å². The SMILES string of the molecule is COC[C@@H]1CCCN1C(=O)[C@@H]1CC(=O)N[C@H](C(C)C)C(=O)N(C)CCOc2ccccc2C(=O)N1. The minimum absolute atomic E-state index is 0.116. The Balaban J connectivity index is 1.93. The molecule has 1 saturated heterocycles. The van der Waals surface area contributed by atoms with Crippen molar-refractivity contribution in [3.63, 3.8) is 0 Å². The molecule has 0 saturated carbocycles. The quantitative estimate of drug-likeness (QED) is 0.648. The third kappa shape index (κ3) is 6.50. The van der Waals surface area contributed by atoms with Gasteiger partial charge >= 0.3 is 0 Å². The molecule has 0 spiro atoms. The number of para-hydroxylation sites is 1. The van der Waals surface area contributed by atoms with Gasteiger partial charge in [0.05, 0.1) is 31.2 Å². The normalized spacial score (nSPS) is 24.4. The van der Waals surface area contributed by atoms with Crippen LogP contribution >= 0.6 is 0 Å². The maximum atomic E-state index is 13.5. The average Bonchev–Trinajstić information content (AvgIpc) is 3.29. The van der Waals surface area contributed by atoms with Crippen molar-refractivity contribution in [3.8, 4) is 5.75 Å². The lowest BCUT2D eigenvalue weighted by atomic mass is 10.0. The maximum Gasteiger partial charge on any atom is 0.255 e. The summed E-state index contributed by atoms with van der Waals surface area (Å²) < 4.78 is 11.1. The van der Waals surface area contributed by atoms with Gasteiger partial charge in [0.2, 0.25) is 17.7 Å². The Morgan fingerprint density at radius 1 is 1.17 bits per heavy atom. The third-order valence-electron chi connectivity index (χ3n) is 6.45. The van der Waals surface area contributed by atoms with Gasteiger partial charge in [-0.1, -0.05) is 26.0 Å². The van der Waals surface area contributed by atoms with Gasteiger partial charge in [-0.05, 0) is 30.9 Å². The van der Waals surface area contributed by atoms with Gasteiger partial charge in [0.15, 0.2) is 0 Å². The molecule has 2 aliphatic rings. The number of ether oxygens (including phenoxy) is 2. The Bertz CT molecular complexity index is 936. The van der Waals surface area contributed by atoms with Crippen LogP contribution < -0.4 is 15.4 Å². The van der Waals surface area contributed by atoms with Crippen molar-refractivity contribution in [1.29, 1.82) is 0 Å². The topological polar surface area (TPSA) is 117 Å². The number of carbonyl (C=O) groups excluding carboxylic acids is 4. The zero-order valence-electron chi connectivity index (χ0n) is 20.9. The van der Waals surface area contributed by atoms with Crippen LogP contribution in [-0.2, 0) is 19.1 Å². The molecule has 1 aromatic rings. The number of nitrogens with zero attached hydrogens (tertiary/aromatic N) is 2. The molecule has 0 bridgehead atoms. The van der Waals surface area contributed by atoms with E-state index in [1.807, 2.05) is 13.8 Å². The van der Waals surface area contributed by atoms with Crippen LogP contribution in [0.3, 0.4) is 0 Å². The fourth-order valence-electron chi connectivity index (χ4n) is 4.48. The van der Waals surface area contributed by atoms with E-state index in [1.54, 1.807) is 43.3 Å². The summed E-state index contributed by atoms with van der Waals surface area (Å²) in [4.78, 5) is 56.0. The minimum Gasteiger partial charge on any atom is -0.491 e. The van der Waals surface area contributed by atoms with Crippen LogP contribution in [0.2, 0.25) is 0 Å². The largest absolute Gasteiger partial charge is 0.491 e. The smallest absolute Gasteiger partial charge is 0.255 e. The summed E-state index contributed by atoms with van der Waals surface area (Å²) in [6, 6.07) is 4.73. The molecule has 3 atom stereocenters. The highest BCUT2D eigenvalue weighted by atomic mass is 16.5. The van der Waals surface area contributed by atoms with E-state index in [9.17, 15) is 19.2 Å². The molecule has 0 aliphatic carbocycles. The first kappa shape index (κ1) is 26.5. The molecular weight excluding hydrogens is 452 g/mol. The van der Waals surface area contributed by atoms with E-state index in [0.29, 0.717) is 18.9 Å². The lowest BCUT2D eigenvalue weighted by molar-refractivity contribution is -0.139. The Hall–Kier alpha value is -3.14. The summed E-state index contributed by atoms with van der Waals surface area (Å²) in [7, 11) is 3.22. The molecule has 35 heavy (non-hydrogen) atoms. The molecule has 0 aromatic heterocycles. The van der Waals surface area contributed by atoms with Crippen LogP contribution in [0, 0.1) is 5.92 Å². The molecule has 10 heteroatoms. The highest BCUT2D eigenvalue weighted by molar-refractivity contribution is 6.01. The molecule has 0 unspecified atom stereocenters. The van der Waals surface area contributed by atoms with Crippen LogP contribution in [0.4, 0.5) is 0 Å². The number of amides is 4. The molecule has 0 radical (unpaired) electrons. The van der Waals surface area contributed by atoms with Crippen LogP contribution in [-0.4, -0.2) is 92.0 Å². The standard InChI is InChI=1S/C25H36N4O6/c1-16(2)22-25(33)28(3)12-13-35-20-10-6-5-9-18(20)23(31)26-19(14-21(30)27-22)24(32)29-11-7-8-17(29)15-34-4/h5-6,9-10,16-17,19,22H,7-8,11-15H2,1-4H3,(H,26,31)(H,27,30)/t17-,19-,22+/m0/s1. The highest BCUT2D eigenvalue weighted by Crippen LogP contribution is 2.22. The zero-order valence-corrected chi connectivity index (χ0v) is 20.9. The summed E-state index contributed by atoms with van der Waals surface area (Å²) in [5.41, 5.74) is 0.256. The summed E-state index contributed by atoms with van der Waals surface area (Å²) in [5, 5.41) is 5.53. The molecule has 2 heterocycles. The van der Waals surface area contributed by atoms with Gasteiger partial charge in [0.25, 0.3) is 5.91 Å². The van der Waals surface area contributed by atoms with E-state index in [0.717, 1.165) is 12.8 Å². The van der Waals surface area contributed by atoms with E-state index in [1.165, 1.54) is 4.90 Å². The van der Waals surface area contributed by atoms with Crippen LogP contribution in [0.5, 0.6) is 5.75 Å². The van der Waals surface area contributed by atoms with E-state index in [4.69, 9.17) is 9.47 Å². The van der Waals surface area contributed by atoms with Gasteiger partial charge in [-0.25, -0.2) is 0 Å². The first-order chi connectivity index (χ1) is 16.7. The van der Waals surface area contributed by atoms with Crippen molar-refractivity contribution < 1.29 is 28.7 Å². The zero-order chi connectivity index (χ0) is 25.5. The van der Waals surface area contributed by atoms with Crippen molar-refractivity contribution in [3.05, 3.63) is 29.8 Å². The molecule has 4 amide bonds. The summed E-state index contributed by atoms with van der Waals surface area (Å²) in [6.07, 6.45) is 1.32. The average molecular weight is 489 g/mol. The summed E-state index contributed by atoms with van der Waals surface area (Å²) in [5.74, 6) is -1.39. The van der Waals surface area contributed by atoms with E-state index in [2.05, 4.69) is 10.6 Å². The number of likely N-dealkylation sites (tertiary alicyclic amines) is 1. The number of rotatable bonds is 4. The number of hydrogen-bond acceptors (Lipinski definition) is 6. The molecular formula is C25H36N4O6. The van der Waals surface area contributed by atoms with Gasteiger partial charge in [0.1, 0.15) is 24.4 Å². The fourth-order valence-corrected chi connectivity index (χ4v) is 4.48. The molecule has 2 aliphatic heterocycles. The maximum absolute atomic E-state index is 13.5. The van der Waals surface area contributed by atoms with Gasteiger partial charge in [-0.3, -0.25) is 19.2 Å². The van der Waals surface area contributed by atoms with Crippen molar-refractivity contribution in [2.24, 2.45) is 5.92 Å². The number of methoxy groups -OCH3 is 1. The minimum atomic E-state index is -1.10. The van der Waals surface area contributed by atoms with Crippen molar-refractivity contribution in [2.45, 2.75) is 51.2 Å². The van der Waals surface area contributed by atoms with E-state index < -0.39 is 23.9 Å². The van der Waals surface area contributed by atoms with Gasteiger partial charge in [-0.15, -0.1) is 0 Å². The third-order valence-corrected chi connectivity index (χ3v) is 6.45. The summed E-state index contributed by atoms with van der Waals surface area (Å²) in [6.45, 7) is 5.04. The van der Waals surface area contributed by atoms with Gasteiger partial charge < -0.3 is 29.9 Å². The van der Waals surface area contributed by atoms with Crippen molar-refractivity contribution in [2.75, 3.05) is 40.5 Å². The van der Waals surface area contributed by atoms with Crippen molar-refractivity contribution >= 4 is 23.6 Å². The molecule has 10 nitrogen and oxygen atoms in total. The Morgan fingerprint density at radius 3 is 2.63 bits per heavy atom. The van der Waals surface area contributed by atoms with E-state index in [-0.39, 0.29) is 48.9 Å². The Morgan fingerprint density at radius 2 is 1.91 bits per heavy atom. The van der Waals surface area contributed by atoms with Gasteiger partial charge in [-0.2, -0.15) is 0 Å². The predicted octanol–water partition coefficient (Wildman–Crippen LogP) is 0.804. The van der Waals surface area contributed by atoms with Crippen LogP contribution in [0.25, 0.3) is 0 Å². The number of fused-ring (bicyclic) bond motifs is 1. The second-order valence-corrected chi connectivity index (χ2v) is 9.41. The molecule has 192 valence electrons. The second-order valence-electron chi connectivity index (χ2n) is 9.41. The number of carbonyl (C=O) groups is 4. The highest BCUT2D eigenvalue weighted by Gasteiger charge is 2.36. The summed E-state index contributed by atoms with van der Waals surface area (Å²) >= 11 is 0. The van der Waals surface area contributed by atoms with E-state index >= 15 is 0 Å². The molecule has 1 fully saturated rings. The second kappa shape index (κ2) is 12.0. The molecule has 2 N–H and O–H groups in total. The lowest BCUT2D eigenvalue weighted by Gasteiger charge is -2.31. The fraction of sp³-hybridized carbons (Fsp3) is 0.600. The predicted molar refractivity (Wildman–Crippen MR) is 129 cm³/mol. The Kier molecular flexibility index (Phi) is 9.08. The first-order valence-corrected chi connectivity index (χ1v) is 12.1. The van der Waals surface area contributed by atoms with Crippen molar-refractivity contribution in [1.82, 2.24) is 20.4 Å². The number of hydrogen-bond donors (Lipinski definition) is 2. The monoisotopic (exact) mass is 488 g/mol. The number of likely N-dealkylation sites (N-methyl/N-ethyl adjacent to an activating group) is 1. The lowest BCUT2D eigenvalue weighted by Crippen LogP contribution is -2.55. The van der Waals surface area contributed by atoms with Crippen LogP contribution in [0.1, 0.15) is 43.5 Å². The molecule has 1 aromatic carbocycles. The molecule has 3 rings (SSSR count). The number of benzene rings is 1. The van der Waals surface area contributed by atoms with Gasteiger partial charge in [0, 0.05) is 20.7 Å². The first-order valence-electron chi connectivity index (χ1n) is 12.1. The van der Waals surface area contributed by atoms with Crippen LogP contribution in [0.15, 0.2) is 24.3 Å². The number of nitrogens with one attached hydrogen (secondary N) is 2.